The molecule has 2 rings (SSSR count). The molecular weight excluding hydrogens is 220 g/mol. The largest absolute Gasteiger partial charge is 0.255 e. The van der Waals surface area contributed by atoms with Crippen molar-refractivity contribution >= 4 is 0 Å². The summed E-state index contributed by atoms with van der Waals surface area (Å²) in [5, 5.41) is 2.40. The van der Waals surface area contributed by atoms with Crippen molar-refractivity contribution in [1.82, 2.24) is 10.4 Å². The van der Waals surface area contributed by atoms with Crippen molar-refractivity contribution in [2.75, 3.05) is 19.6 Å². The third kappa shape index (κ3) is 3.82. The van der Waals surface area contributed by atoms with Gasteiger partial charge in [0.15, 0.2) is 0 Å². The molecule has 2 heteroatoms. The molecule has 1 aromatic carbocycles. The minimum absolute atomic E-state index is 0.605. The summed E-state index contributed by atoms with van der Waals surface area (Å²) in [5.41, 5.74) is 5.09. The minimum atomic E-state index is 0.605. The molecule has 1 saturated heterocycles. The smallest absolute Gasteiger partial charge is 0.0173 e. The highest BCUT2D eigenvalue weighted by atomic mass is 15.5. The summed E-state index contributed by atoms with van der Waals surface area (Å²) < 4.78 is 0. The molecule has 1 unspecified atom stereocenters. The fraction of sp³-hybridized carbons (Fsp3) is 0.625. The van der Waals surface area contributed by atoms with Gasteiger partial charge in [-0.3, -0.25) is 5.43 Å². The molecule has 0 amide bonds. The van der Waals surface area contributed by atoms with Crippen molar-refractivity contribution in [2.24, 2.45) is 5.92 Å². The van der Waals surface area contributed by atoms with Crippen LogP contribution in [0.15, 0.2) is 30.3 Å². The van der Waals surface area contributed by atoms with E-state index < -0.39 is 0 Å². The number of hydrazine groups is 1. The van der Waals surface area contributed by atoms with E-state index in [-0.39, 0.29) is 0 Å². The van der Waals surface area contributed by atoms with Crippen LogP contribution in [0.5, 0.6) is 0 Å². The molecule has 1 atom stereocenters. The molecular formula is C16H26N2. The quantitative estimate of drug-likeness (QED) is 0.856. The van der Waals surface area contributed by atoms with Gasteiger partial charge in [0.25, 0.3) is 0 Å². The van der Waals surface area contributed by atoms with Crippen molar-refractivity contribution in [3.63, 3.8) is 0 Å². The van der Waals surface area contributed by atoms with Gasteiger partial charge in [-0.2, -0.15) is 0 Å². The molecule has 0 saturated carbocycles. The van der Waals surface area contributed by atoms with E-state index in [1.165, 1.54) is 37.9 Å². The zero-order valence-electron chi connectivity index (χ0n) is 11.7. The van der Waals surface area contributed by atoms with E-state index in [0.29, 0.717) is 11.8 Å². The first-order chi connectivity index (χ1) is 8.77. The molecule has 0 aromatic heterocycles. The lowest BCUT2D eigenvalue weighted by molar-refractivity contribution is 0.146. The number of hydrogen-bond donors (Lipinski definition) is 1. The van der Waals surface area contributed by atoms with Gasteiger partial charge in [0, 0.05) is 25.6 Å². The van der Waals surface area contributed by atoms with Gasteiger partial charge >= 0.3 is 0 Å². The predicted octanol–water partition coefficient (Wildman–Crippen LogP) is 3.42. The number of rotatable bonds is 5. The SMILES string of the molecule is CC(C)C(CNN1CCCCC1)c1ccccc1. The third-order valence-electron chi connectivity index (χ3n) is 3.92. The predicted molar refractivity (Wildman–Crippen MR) is 77.4 cm³/mol. The van der Waals surface area contributed by atoms with Crippen molar-refractivity contribution < 1.29 is 0 Å². The molecule has 1 aromatic rings. The molecule has 0 aliphatic carbocycles. The first-order valence-corrected chi connectivity index (χ1v) is 7.31. The monoisotopic (exact) mass is 246 g/mol. The Bertz CT molecular complexity index is 328. The van der Waals surface area contributed by atoms with E-state index in [9.17, 15) is 0 Å². The fourth-order valence-corrected chi connectivity index (χ4v) is 2.72. The Hall–Kier alpha value is -0.860. The van der Waals surface area contributed by atoms with Crippen LogP contribution < -0.4 is 5.43 Å². The molecule has 1 aliphatic heterocycles. The van der Waals surface area contributed by atoms with Crippen LogP contribution in [-0.2, 0) is 0 Å². The van der Waals surface area contributed by atoms with Crippen LogP contribution in [0.1, 0.15) is 44.6 Å². The van der Waals surface area contributed by atoms with Gasteiger partial charge in [-0.25, -0.2) is 5.01 Å². The molecule has 0 radical (unpaired) electrons. The second kappa shape index (κ2) is 6.91. The molecule has 1 aliphatic rings. The van der Waals surface area contributed by atoms with Gasteiger partial charge in [0.05, 0.1) is 0 Å². The van der Waals surface area contributed by atoms with Crippen LogP contribution in [0, 0.1) is 5.92 Å². The van der Waals surface area contributed by atoms with Gasteiger partial charge in [-0.15, -0.1) is 0 Å². The molecule has 1 fully saturated rings. The lowest BCUT2D eigenvalue weighted by atomic mass is 9.88. The van der Waals surface area contributed by atoms with E-state index in [2.05, 4.69) is 54.6 Å². The second-order valence-electron chi connectivity index (χ2n) is 5.67. The zero-order chi connectivity index (χ0) is 12.8. The summed E-state index contributed by atoms with van der Waals surface area (Å²) in [4.78, 5) is 0. The summed E-state index contributed by atoms with van der Waals surface area (Å²) in [6.07, 6.45) is 4.07. The van der Waals surface area contributed by atoms with E-state index in [1.807, 2.05) is 0 Å². The van der Waals surface area contributed by atoms with Crippen molar-refractivity contribution in [1.29, 1.82) is 0 Å². The average molecular weight is 246 g/mol. The first-order valence-electron chi connectivity index (χ1n) is 7.31. The standard InChI is InChI=1S/C16H26N2/c1-14(2)16(15-9-5-3-6-10-15)13-17-18-11-7-4-8-12-18/h3,5-6,9-10,14,16-17H,4,7-8,11-13H2,1-2H3. The highest BCUT2D eigenvalue weighted by molar-refractivity contribution is 5.20. The Morgan fingerprint density at radius 1 is 1.06 bits per heavy atom. The Morgan fingerprint density at radius 3 is 2.33 bits per heavy atom. The summed E-state index contributed by atoms with van der Waals surface area (Å²) >= 11 is 0. The Kier molecular flexibility index (Phi) is 5.21. The van der Waals surface area contributed by atoms with E-state index in [4.69, 9.17) is 0 Å². The summed E-state index contributed by atoms with van der Waals surface area (Å²) in [6.45, 7) is 8.10. The summed E-state index contributed by atoms with van der Waals surface area (Å²) in [5.74, 6) is 1.28. The maximum Gasteiger partial charge on any atom is 0.0173 e. The van der Waals surface area contributed by atoms with Crippen LogP contribution in [0.2, 0.25) is 0 Å². The van der Waals surface area contributed by atoms with Crippen LogP contribution in [0.25, 0.3) is 0 Å². The van der Waals surface area contributed by atoms with Crippen molar-refractivity contribution in [2.45, 2.75) is 39.0 Å². The average Bonchev–Trinajstić information content (AvgIpc) is 2.41. The Morgan fingerprint density at radius 2 is 1.72 bits per heavy atom. The zero-order valence-corrected chi connectivity index (χ0v) is 11.7. The number of benzene rings is 1. The molecule has 0 bridgehead atoms. The second-order valence-corrected chi connectivity index (χ2v) is 5.67. The lowest BCUT2D eigenvalue weighted by Gasteiger charge is -2.30. The number of hydrogen-bond acceptors (Lipinski definition) is 2. The topological polar surface area (TPSA) is 15.3 Å². The minimum Gasteiger partial charge on any atom is -0.255 e. The van der Waals surface area contributed by atoms with Gasteiger partial charge in [-0.05, 0) is 24.3 Å². The van der Waals surface area contributed by atoms with E-state index in [0.717, 1.165) is 6.54 Å². The molecule has 18 heavy (non-hydrogen) atoms. The highest BCUT2D eigenvalue weighted by Crippen LogP contribution is 2.23. The fourth-order valence-electron chi connectivity index (χ4n) is 2.72. The van der Waals surface area contributed by atoms with Crippen molar-refractivity contribution in [3.05, 3.63) is 35.9 Å². The lowest BCUT2D eigenvalue weighted by Crippen LogP contribution is -2.44. The van der Waals surface area contributed by atoms with E-state index in [1.54, 1.807) is 0 Å². The van der Waals surface area contributed by atoms with E-state index >= 15 is 0 Å². The number of nitrogens with one attached hydrogen (secondary N) is 1. The Labute approximate surface area is 111 Å². The molecule has 100 valence electrons. The molecule has 1 heterocycles. The molecule has 0 spiro atoms. The van der Waals surface area contributed by atoms with Crippen molar-refractivity contribution in [3.8, 4) is 0 Å². The molecule has 2 nitrogen and oxygen atoms in total. The third-order valence-corrected chi connectivity index (χ3v) is 3.92. The maximum absolute atomic E-state index is 3.63. The number of nitrogens with zero attached hydrogens (tertiary/aromatic N) is 1. The van der Waals surface area contributed by atoms with Crippen LogP contribution >= 0.6 is 0 Å². The summed E-state index contributed by atoms with van der Waals surface area (Å²) in [7, 11) is 0. The normalized spacial score (nSPS) is 19.1. The van der Waals surface area contributed by atoms with Crippen LogP contribution in [0.4, 0.5) is 0 Å². The summed E-state index contributed by atoms with van der Waals surface area (Å²) in [6, 6.07) is 10.9. The molecule has 1 N–H and O–H groups in total. The maximum atomic E-state index is 3.63. The highest BCUT2D eigenvalue weighted by Gasteiger charge is 2.17. The first kappa shape index (κ1) is 13.6. The van der Waals surface area contributed by atoms with Gasteiger partial charge in [-0.1, -0.05) is 50.6 Å². The van der Waals surface area contributed by atoms with Gasteiger partial charge in [0.1, 0.15) is 0 Å². The van der Waals surface area contributed by atoms with Gasteiger partial charge in [0.2, 0.25) is 0 Å². The van der Waals surface area contributed by atoms with Gasteiger partial charge < -0.3 is 0 Å². The Balaban J connectivity index is 1.90. The number of piperidine rings is 1. The van der Waals surface area contributed by atoms with Crippen LogP contribution in [0.3, 0.4) is 0 Å². The van der Waals surface area contributed by atoms with Crippen LogP contribution in [-0.4, -0.2) is 24.6 Å².